The molecule has 0 aliphatic carbocycles. The highest BCUT2D eigenvalue weighted by Gasteiger charge is 2.16. The second kappa shape index (κ2) is 8.13. The Balaban J connectivity index is 1.50. The van der Waals surface area contributed by atoms with E-state index in [0.717, 1.165) is 39.6 Å². The zero-order valence-corrected chi connectivity index (χ0v) is 17.9. The fourth-order valence-corrected chi connectivity index (χ4v) is 4.10. The molecular formula is C28H21N5. The molecule has 3 heterocycles. The number of aromatic nitrogens is 4. The van der Waals surface area contributed by atoms with Crippen LogP contribution < -0.4 is 4.90 Å². The highest BCUT2D eigenvalue weighted by Crippen LogP contribution is 2.34. The van der Waals surface area contributed by atoms with Crippen LogP contribution in [0.2, 0.25) is 0 Å². The van der Waals surface area contributed by atoms with Gasteiger partial charge in [-0.2, -0.15) is 5.10 Å². The number of rotatable bonds is 5. The van der Waals surface area contributed by atoms with Crippen LogP contribution in [-0.2, 0) is 0 Å². The summed E-state index contributed by atoms with van der Waals surface area (Å²) in [6.07, 6.45) is 5.97. The summed E-state index contributed by atoms with van der Waals surface area (Å²) in [4.78, 5) is 7.20. The zero-order valence-electron chi connectivity index (χ0n) is 17.9. The van der Waals surface area contributed by atoms with E-state index in [4.69, 9.17) is 4.98 Å². The fourth-order valence-electron chi connectivity index (χ4n) is 4.10. The summed E-state index contributed by atoms with van der Waals surface area (Å²) in [5.41, 5.74) is 4.19. The van der Waals surface area contributed by atoms with Gasteiger partial charge in [0.05, 0.1) is 11.7 Å². The molecule has 0 unspecified atom stereocenters. The van der Waals surface area contributed by atoms with Crippen LogP contribution in [-0.4, -0.2) is 19.3 Å². The lowest BCUT2D eigenvalue weighted by atomic mass is 10.2. The predicted octanol–water partition coefficient (Wildman–Crippen LogP) is 6.68. The van der Waals surface area contributed by atoms with Crippen LogP contribution in [0.25, 0.3) is 22.4 Å². The third kappa shape index (κ3) is 3.55. The Bertz CT molecular complexity index is 1520. The quantitative estimate of drug-likeness (QED) is 0.308. The average molecular weight is 428 g/mol. The van der Waals surface area contributed by atoms with Crippen LogP contribution in [0.1, 0.15) is 0 Å². The van der Waals surface area contributed by atoms with Crippen molar-refractivity contribution >= 4 is 28.1 Å². The molecule has 0 N–H and O–H groups in total. The summed E-state index contributed by atoms with van der Waals surface area (Å²) in [5, 5.41) is 5.68. The Morgan fingerprint density at radius 2 is 1.39 bits per heavy atom. The highest BCUT2D eigenvalue weighted by atomic mass is 15.3. The summed E-state index contributed by atoms with van der Waals surface area (Å²) in [5.74, 6) is 1.60. The van der Waals surface area contributed by atoms with E-state index in [1.165, 1.54) is 0 Å². The molecule has 0 aliphatic rings. The van der Waals surface area contributed by atoms with Crippen molar-refractivity contribution < 1.29 is 0 Å². The molecule has 0 saturated heterocycles. The van der Waals surface area contributed by atoms with Gasteiger partial charge in [-0.15, -0.1) is 0 Å². The van der Waals surface area contributed by atoms with E-state index in [0.29, 0.717) is 0 Å². The van der Waals surface area contributed by atoms with Crippen molar-refractivity contribution in [3.05, 3.63) is 128 Å². The molecule has 5 nitrogen and oxygen atoms in total. The number of para-hydroxylation sites is 2. The van der Waals surface area contributed by atoms with Crippen LogP contribution in [0.4, 0.5) is 17.2 Å². The van der Waals surface area contributed by atoms with Crippen LogP contribution in [0.3, 0.4) is 0 Å². The first-order valence-electron chi connectivity index (χ1n) is 10.9. The molecule has 0 aliphatic heterocycles. The Hall–Kier alpha value is -4.64. The van der Waals surface area contributed by atoms with Gasteiger partial charge in [0.1, 0.15) is 5.82 Å². The standard InChI is InChI=1S/C28H21N5/c1-2-11-23(12-3-1)32(25-14-8-13-24(20-25)31-18-6-7-19-31)27-16-9-17-28(30-27)33-26-15-5-4-10-22(26)21-29-33/h1-21H. The molecule has 6 aromatic rings. The maximum absolute atomic E-state index is 5.03. The number of anilines is 3. The van der Waals surface area contributed by atoms with E-state index in [2.05, 4.69) is 63.1 Å². The van der Waals surface area contributed by atoms with E-state index in [1.807, 2.05) is 83.9 Å². The number of hydrogen-bond acceptors (Lipinski definition) is 3. The van der Waals surface area contributed by atoms with Gasteiger partial charge in [0.2, 0.25) is 0 Å². The van der Waals surface area contributed by atoms with Crippen LogP contribution in [0.15, 0.2) is 128 Å². The third-order valence-corrected chi connectivity index (χ3v) is 5.65. The maximum atomic E-state index is 5.03. The topological polar surface area (TPSA) is 38.9 Å². The first-order valence-corrected chi connectivity index (χ1v) is 10.9. The van der Waals surface area contributed by atoms with Gasteiger partial charge in [-0.05, 0) is 60.7 Å². The van der Waals surface area contributed by atoms with Crippen LogP contribution in [0, 0.1) is 0 Å². The lowest BCUT2D eigenvalue weighted by Crippen LogP contribution is -2.13. The Morgan fingerprint density at radius 3 is 2.27 bits per heavy atom. The van der Waals surface area contributed by atoms with Gasteiger partial charge in [0.15, 0.2) is 5.82 Å². The number of hydrogen-bond donors (Lipinski definition) is 0. The lowest BCUT2D eigenvalue weighted by Gasteiger charge is -2.25. The molecule has 33 heavy (non-hydrogen) atoms. The Kier molecular flexibility index (Phi) is 4.70. The van der Waals surface area contributed by atoms with Crippen molar-refractivity contribution in [2.24, 2.45) is 0 Å². The van der Waals surface area contributed by atoms with Gasteiger partial charge < -0.3 is 4.57 Å². The van der Waals surface area contributed by atoms with Gasteiger partial charge in [-0.1, -0.05) is 48.5 Å². The molecule has 3 aromatic heterocycles. The fraction of sp³-hybridized carbons (Fsp3) is 0. The third-order valence-electron chi connectivity index (χ3n) is 5.65. The normalized spacial score (nSPS) is 11.0. The second-order valence-electron chi connectivity index (χ2n) is 7.75. The van der Waals surface area contributed by atoms with Crippen molar-refractivity contribution in [2.75, 3.05) is 4.90 Å². The first kappa shape index (κ1) is 19.1. The van der Waals surface area contributed by atoms with Gasteiger partial charge in [0.25, 0.3) is 0 Å². The number of nitrogens with zero attached hydrogens (tertiary/aromatic N) is 5. The Labute approximate surface area is 191 Å². The van der Waals surface area contributed by atoms with Gasteiger partial charge in [0, 0.05) is 34.8 Å². The largest absolute Gasteiger partial charge is 0.324 e. The van der Waals surface area contributed by atoms with Crippen molar-refractivity contribution in [3.63, 3.8) is 0 Å². The van der Waals surface area contributed by atoms with Crippen LogP contribution in [0.5, 0.6) is 0 Å². The number of benzene rings is 3. The van der Waals surface area contributed by atoms with E-state index < -0.39 is 0 Å². The maximum Gasteiger partial charge on any atom is 0.156 e. The summed E-state index contributed by atoms with van der Waals surface area (Å²) in [6, 6.07) is 37.0. The molecule has 0 fully saturated rings. The molecule has 3 aromatic carbocycles. The molecular weight excluding hydrogens is 406 g/mol. The molecule has 0 spiro atoms. The molecule has 0 atom stereocenters. The molecule has 0 amide bonds. The smallest absolute Gasteiger partial charge is 0.156 e. The highest BCUT2D eigenvalue weighted by molar-refractivity contribution is 5.80. The Morgan fingerprint density at radius 1 is 0.636 bits per heavy atom. The molecule has 0 radical (unpaired) electrons. The molecule has 158 valence electrons. The van der Waals surface area contributed by atoms with E-state index in [9.17, 15) is 0 Å². The van der Waals surface area contributed by atoms with E-state index >= 15 is 0 Å². The monoisotopic (exact) mass is 427 g/mol. The minimum atomic E-state index is 0.774. The van der Waals surface area contributed by atoms with Gasteiger partial charge >= 0.3 is 0 Å². The molecule has 0 bridgehead atoms. The summed E-state index contributed by atoms with van der Waals surface area (Å²) >= 11 is 0. The summed E-state index contributed by atoms with van der Waals surface area (Å²) < 4.78 is 3.99. The molecule has 0 saturated carbocycles. The van der Waals surface area contributed by atoms with Crippen molar-refractivity contribution in [1.29, 1.82) is 0 Å². The predicted molar refractivity (Wildman–Crippen MR) is 133 cm³/mol. The SMILES string of the molecule is c1ccc(N(c2cccc(-n3cccc3)c2)c2cccc(-n3ncc4ccccc43)n2)cc1. The molecule has 5 heteroatoms. The van der Waals surface area contributed by atoms with Crippen molar-refractivity contribution in [3.8, 4) is 11.5 Å². The number of pyridine rings is 1. The minimum Gasteiger partial charge on any atom is -0.324 e. The zero-order chi connectivity index (χ0) is 22.0. The minimum absolute atomic E-state index is 0.774. The van der Waals surface area contributed by atoms with Crippen molar-refractivity contribution in [2.45, 2.75) is 0 Å². The summed E-state index contributed by atoms with van der Waals surface area (Å²) in [6.45, 7) is 0. The van der Waals surface area contributed by atoms with Gasteiger partial charge in [-0.3, -0.25) is 4.90 Å². The second-order valence-corrected chi connectivity index (χ2v) is 7.75. The van der Waals surface area contributed by atoms with Gasteiger partial charge in [-0.25, -0.2) is 9.67 Å². The van der Waals surface area contributed by atoms with E-state index in [1.54, 1.807) is 0 Å². The van der Waals surface area contributed by atoms with Crippen LogP contribution >= 0.6 is 0 Å². The summed E-state index contributed by atoms with van der Waals surface area (Å²) in [7, 11) is 0. The lowest BCUT2D eigenvalue weighted by molar-refractivity contribution is 0.873. The molecule has 6 rings (SSSR count). The number of fused-ring (bicyclic) bond motifs is 1. The van der Waals surface area contributed by atoms with Crippen molar-refractivity contribution in [1.82, 2.24) is 19.3 Å². The average Bonchev–Trinajstić information content (AvgIpc) is 3.56. The first-order chi connectivity index (χ1) is 16.4. The van der Waals surface area contributed by atoms with E-state index in [-0.39, 0.29) is 0 Å².